The average Bonchev–Trinajstić information content (AvgIpc) is 2.94. The summed E-state index contributed by atoms with van der Waals surface area (Å²) >= 11 is 0. The van der Waals surface area contributed by atoms with Gasteiger partial charge < -0.3 is 9.74 Å². The smallest absolute Gasteiger partial charge is 0.183 e. The zero-order valence-electron chi connectivity index (χ0n) is 26.1. The van der Waals surface area contributed by atoms with Gasteiger partial charge in [0.25, 0.3) is 0 Å². The Morgan fingerprint density at radius 1 is 0.667 bits per heavy atom. The number of nitrogens with zero attached hydrogens (tertiary/aromatic N) is 2. The third-order valence-electron chi connectivity index (χ3n) is 11.2. The highest BCUT2D eigenvalue weighted by atomic mass is 28.4. The number of aliphatic imine (C=N–C) groups is 2. The van der Waals surface area contributed by atoms with Gasteiger partial charge in [0.15, 0.2) is 8.32 Å². The van der Waals surface area contributed by atoms with Crippen molar-refractivity contribution < 1.29 is 4.43 Å². The summed E-state index contributed by atoms with van der Waals surface area (Å²) in [5, 5.41) is 4.14. The lowest BCUT2D eigenvalue weighted by Crippen LogP contribution is -2.50. The van der Waals surface area contributed by atoms with E-state index in [0.29, 0.717) is 24.2 Å². The van der Waals surface area contributed by atoms with Crippen LogP contribution in [0.25, 0.3) is 0 Å². The van der Waals surface area contributed by atoms with Crippen LogP contribution in [0.5, 0.6) is 0 Å². The maximum Gasteiger partial charge on any atom is 0.183 e. The summed E-state index contributed by atoms with van der Waals surface area (Å²) < 4.78 is 6.27. The molecule has 0 aromatic rings. The highest BCUT2D eigenvalue weighted by Gasteiger charge is 2.37. The minimum atomic E-state index is -1.47. The predicted molar refractivity (Wildman–Crippen MR) is 170 cm³/mol. The lowest BCUT2D eigenvalue weighted by molar-refractivity contribution is 0.147. The third-order valence-corrected chi connectivity index (χ3v) is 12.3. The molecule has 8 atom stereocenters. The Labute approximate surface area is 242 Å². The molecular weight excluding hydrogens is 494 g/mol. The molecule has 4 nitrogen and oxygen atoms in total. The van der Waals surface area contributed by atoms with Crippen LogP contribution in [0.3, 0.4) is 0 Å². The van der Waals surface area contributed by atoms with Gasteiger partial charge in [-0.2, -0.15) is 0 Å². The van der Waals surface area contributed by atoms with E-state index in [1.54, 1.807) is 0 Å². The first kappa shape index (κ1) is 30.0. The van der Waals surface area contributed by atoms with Crippen LogP contribution >= 0.6 is 0 Å². The lowest BCUT2D eigenvalue weighted by Gasteiger charge is -2.41. The number of hydrogen-bond donors (Lipinski definition) is 1. The van der Waals surface area contributed by atoms with E-state index in [9.17, 15) is 0 Å². The largest absolute Gasteiger partial charge is 0.418 e. The summed E-state index contributed by atoms with van der Waals surface area (Å²) in [5.74, 6) is 3.61. The first-order valence-corrected chi connectivity index (χ1v) is 20.8. The molecule has 222 valence electrons. The molecule has 5 aliphatic rings. The molecule has 4 saturated carbocycles. The van der Waals surface area contributed by atoms with Crippen LogP contribution in [0.1, 0.15) is 129 Å². The number of piperidine rings is 1. The van der Waals surface area contributed by atoms with Crippen molar-refractivity contribution in [3.63, 3.8) is 0 Å². The standard InChI is InChI=1S/C34H61N3OSi/c1-25(35-31-20-9-15-26-13-5-7-17-28(26)31)30-19-11-22-33(36-30)34(23-12-24-38-39(2,3)4)37-32-21-10-16-27-14-6-8-18-29(27)32/h26-33,36H,5-24H2,1-4H3. The molecule has 5 rings (SSSR count). The average molecular weight is 556 g/mol. The Kier molecular flexibility index (Phi) is 10.8. The number of fused-ring (bicyclic) bond motifs is 2. The molecule has 1 heterocycles. The van der Waals surface area contributed by atoms with Gasteiger partial charge in [-0.15, -0.1) is 0 Å². The van der Waals surface area contributed by atoms with E-state index >= 15 is 0 Å². The number of nitrogens with one attached hydrogen (secondary N) is 1. The van der Waals surface area contributed by atoms with Gasteiger partial charge in [-0.3, -0.25) is 9.98 Å². The fourth-order valence-electron chi connectivity index (χ4n) is 9.18. The van der Waals surface area contributed by atoms with E-state index in [0.717, 1.165) is 43.1 Å². The van der Waals surface area contributed by atoms with Gasteiger partial charge >= 0.3 is 0 Å². The highest BCUT2D eigenvalue weighted by Crippen LogP contribution is 2.43. The van der Waals surface area contributed by atoms with Gasteiger partial charge in [0.2, 0.25) is 0 Å². The minimum absolute atomic E-state index is 0.429. The first-order valence-electron chi connectivity index (χ1n) is 17.4. The summed E-state index contributed by atoms with van der Waals surface area (Å²) in [6.45, 7) is 10.2. The van der Waals surface area contributed by atoms with Gasteiger partial charge in [0.05, 0.1) is 12.1 Å². The van der Waals surface area contributed by atoms with Crippen LogP contribution in [0.15, 0.2) is 9.98 Å². The predicted octanol–water partition coefficient (Wildman–Crippen LogP) is 8.75. The summed E-state index contributed by atoms with van der Waals surface area (Å²) in [6.07, 6.45) is 25.9. The molecule has 4 aliphatic carbocycles. The molecule has 1 saturated heterocycles. The van der Waals surface area contributed by atoms with Gasteiger partial charge in [-0.25, -0.2) is 0 Å². The Hall–Kier alpha value is -0.523. The topological polar surface area (TPSA) is 46.0 Å². The molecule has 1 N–H and O–H groups in total. The van der Waals surface area contributed by atoms with Crippen molar-refractivity contribution in [1.82, 2.24) is 5.32 Å². The van der Waals surface area contributed by atoms with Crippen LogP contribution in [0, 0.1) is 23.7 Å². The van der Waals surface area contributed by atoms with Crippen LogP contribution in [-0.2, 0) is 4.43 Å². The fourth-order valence-corrected chi connectivity index (χ4v) is 9.94. The van der Waals surface area contributed by atoms with Crippen molar-refractivity contribution in [3.8, 4) is 0 Å². The van der Waals surface area contributed by atoms with Crippen LogP contribution < -0.4 is 5.32 Å². The quantitative estimate of drug-likeness (QED) is 0.176. The van der Waals surface area contributed by atoms with E-state index in [1.807, 2.05) is 0 Å². The second-order valence-electron chi connectivity index (χ2n) is 15.1. The Morgan fingerprint density at radius 2 is 1.21 bits per heavy atom. The SMILES string of the molecule is CC(=NC1CCCC2CCCCC21)C1CCCC(C(CCCO[Si](C)(C)C)=NC2CCCC3CCCCC32)N1. The highest BCUT2D eigenvalue weighted by molar-refractivity contribution is 6.69. The van der Waals surface area contributed by atoms with Gasteiger partial charge in [0, 0.05) is 30.1 Å². The molecule has 0 bridgehead atoms. The normalized spacial score (nSPS) is 38.7. The fraction of sp³-hybridized carbons (Fsp3) is 0.941. The molecule has 0 radical (unpaired) electrons. The monoisotopic (exact) mass is 555 g/mol. The van der Waals surface area contributed by atoms with Crippen molar-refractivity contribution in [1.29, 1.82) is 0 Å². The molecule has 0 aromatic heterocycles. The minimum Gasteiger partial charge on any atom is -0.418 e. The van der Waals surface area contributed by atoms with Crippen LogP contribution in [-0.4, -0.2) is 50.5 Å². The van der Waals surface area contributed by atoms with Gasteiger partial charge in [-0.1, -0.05) is 64.2 Å². The Bertz CT molecular complexity index is 831. The van der Waals surface area contributed by atoms with Crippen molar-refractivity contribution in [2.45, 2.75) is 173 Å². The Morgan fingerprint density at radius 3 is 1.85 bits per heavy atom. The number of rotatable bonds is 9. The van der Waals surface area contributed by atoms with Crippen LogP contribution in [0.4, 0.5) is 0 Å². The second-order valence-corrected chi connectivity index (χ2v) is 19.6. The maximum atomic E-state index is 6.27. The van der Waals surface area contributed by atoms with E-state index in [-0.39, 0.29) is 0 Å². The summed E-state index contributed by atoms with van der Waals surface area (Å²) in [5.41, 5.74) is 2.87. The Balaban J connectivity index is 1.28. The van der Waals surface area contributed by atoms with E-state index in [4.69, 9.17) is 14.4 Å². The molecule has 0 aromatic carbocycles. The third kappa shape index (κ3) is 8.28. The second kappa shape index (κ2) is 14.1. The summed E-state index contributed by atoms with van der Waals surface area (Å²) in [7, 11) is -1.47. The molecule has 1 aliphatic heterocycles. The number of hydrogen-bond acceptors (Lipinski definition) is 4. The van der Waals surface area contributed by atoms with Crippen molar-refractivity contribution in [2.75, 3.05) is 6.61 Å². The molecular formula is C34H61N3OSi. The van der Waals surface area contributed by atoms with Crippen molar-refractivity contribution >= 4 is 19.7 Å². The first-order chi connectivity index (χ1) is 18.9. The van der Waals surface area contributed by atoms with E-state index in [1.165, 1.54) is 121 Å². The summed E-state index contributed by atoms with van der Waals surface area (Å²) in [6, 6.07) is 2.02. The van der Waals surface area contributed by atoms with Crippen molar-refractivity contribution in [3.05, 3.63) is 0 Å². The zero-order chi connectivity index (χ0) is 27.2. The van der Waals surface area contributed by atoms with E-state index in [2.05, 4.69) is 31.9 Å². The lowest BCUT2D eigenvalue weighted by atomic mass is 9.68. The van der Waals surface area contributed by atoms with Crippen molar-refractivity contribution in [2.24, 2.45) is 33.7 Å². The summed E-state index contributed by atoms with van der Waals surface area (Å²) in [4.78, 5) is 11.2. The molecule has 39 heavy (non-hydrogen) atoms. The van der Waals surface area contributed by atoms with E-state index < -0.39 is 8.32 Å². The van der Waals surface area contributed by atoms with Gasteiger partial charge in [0.1, 0.15) is 0 Å². The molecule has 5 heteroatoms. The van der Waals surface area contributed by atoms with Crippen LogP contribution in [0.2, 0.25) is 19.6 Å². The zero-order valence-corrected chi connectivity index (χ0v) is 27.1. The maximum absolute atomic E-state index is 6.27. The molecule has 5 fully saturated rings. The molecule has 0 spiro atoms. The molecule has 0 amide bonds. The molecule has 8 unspecified atom stereocenters. The van der Waals surface area contributed by atoms with Gasteiger partial charge in [-0.05, 0) is 108 Å².